The van der Waals surface area contributed by atoms with Gasteiger partial charge < -0.3 is 0 Å². The highest BCUT2D eigenvalue weighted by atomic mass is 15.2. The Hall–Kier alpha value is -0.660. The first-order valence-electron chi connectivity index (χ1n) is 3.41. The molecule has 0 aromatic heterocycles. The molecule has 2 nitrogen and oxygen atoms in total. The van der Waals surface area contributed by atoms with Gasteiger partial charge in [-0.3, -0.25) is 0 Å². The summed E-state index contributed by atoms with van der Waals surface area (Å²) in [6.07, 6.45) is 3.27. The quantitative estimate of drug-likeness (QED) is 0.511. The Bertz CT molecular complexity index is 156. The third-order valence-electron chi connectivity index (χ3n) is 1.55. The predicted octanol–water partition coefficient (Wildman–Crippen LogP) is 2.01. The second-order valence-corrected chi connectivity index (χ2v) is 2.36. The molecule has 0 atom stereocenters. The largest absolute Gasteiger partial charge is 0.160 e. The molecular weight excluding hydrogens is 112 g/mol. The smallest absolute Gasteiger partial charge is 0.0406 e. The Morgan fingerprint density at radius 2 is 2.11 bits per heavy atom. The molecule has 0 unspecified atom stereocenters. The van der Waals surface area contributed by atoms with Crippen molar-refractivity contribution in [2.45, 2.75) is 33.1 Å². The Labute approximate surface area is 55.7 Å². The SMILES string of the molecule is CCC1=NN=C(C)CC1. The highest BCUT2D eigenvalue weighted by molar-refractivity contribution is 5.93. The van der Waals surface area contributed by atoms with Crippen LogP contribution in [0.2, 0.25) is 0 Å². The van der Waals surface area contributed by atoms with E-state index >= 15 is 0 Å². The van der Waals surface area contributed by atoms with E-state index in [2.05, 4.69) is 17.1 Å². The number of hydrogen-bond donors (Lipinski definition) is 0. The number of hydrogen-bond acceptors (Lipinski definition) is 2. The van der Waals surface area contributed by atoms with E-state index in [1.165, 1.54) is 5.71 Å². The topological polar surface area (TPSA) is 24.7 Å². The molecule has 0 aromatic carbocycles. The van der Waals surface area contributed by atoms with Crippen molar-refractivity contribution < 1.29 is 0 Å². The summed E-state index contributed by atoms with van der Waals surface area (Å²) in [7, 11) is 0. The molecule has 2 heteroatoms. The Morgan fingerprint density at radius 3 is 2.56 bits per heavy atom. The van der Waals surface area contributed by atoms with Crippen molar-refractivity contribution in [1.82, 2.24) is 0 Å². The second-order valence-electron chi connectivity index (χ2n) is 2.36. The van der Waals surface area contributed by atoms with Gasteiger partial charge in [-0.1, -0.05) is 6.92 Å². The molecule has 1 aliphatic rings. The molecule has 1 heterocycles. The molecular formula is C7H12N2. The monoisotopic (exact) mass is 124 g/mol. The van der Waals surface area contributed by atoms with Gasteiger partial charge in [0.2, 0.25) is 0 Å². The van der Waals surface area contributed by atoms with Crippen LogP contribution in [0, 0.1) is 0 Å². The minimum Gasteiger partial charge on any atom is -0.160 e. The average Bonchev–Trinajstić information content (AvgIpc) is 1.90. The third kappa shape index (κ3) is 1.63. The van der Waals surface area contributed by atoms with Gasteiger partial charge in [0.15, 0.2) is 0 Å². The van der Waals surface area contributed by atoms with Gasteiger partial charge in [0.1, 0.15) is 0 Å². The lowest BCUT2D eigenvalue weighted by Gasteiger charge is -2.05. The maximum atomic E-state index is 4.03. The van der Waals surface area contributed by atoms with Gasteiger partial charge in [-0.15, -0.1) is 0 Å². The van der Waals surface area contributed by atoms with Crippen LogP contribution in [-0.2, 0) is 0 Å². The van der Waals surface area contributed by atoms with Crippen molar-refractivity contribution >= 4 is 11.4 Å². The predicted molar refractivity (Wildman–Crippen MR) is 40.1 cm³/mol. The van der Waals surface area contributed by atoms with Crippen LogP contribution in [0.3, 0.4) is 0 Å². The summed E-state index contributed by atoms with van der Waals surface area (Å²) in [5, 5.41) is 8.02. The van der Waals surface area contributed by atoms with Crippen molar-refractivity contribution in [2.75, 3.05) is 0 Å². The van der Waals surface area contributed by atoms with Crippen LogP contribution in [-0.4, -0.2) is 11.4 Å². The molecule has 0 bridgehead atoms. The Morgan fingerprint density at radius 1 is 1.33 bits per heavy atom. The van der Waals surface area contributed by atoms with Crippen molar-refractivity contribution in [3.8, 4) is 0 Å². The summed E-state index contributed by atoms with van der Waals surface area (Å²) in [5.41, 5.74) is 2.40. The van der Waals surface area contributed by atoms with Crippen LogP contribution in [0.15, 0.2) is 10.2 Å². The van der Waals surface area contributed by atoms with Crippen molar-refractivity contribution in [1.29, 1.82) is 0 Å². The minimum absolute atomic E-state index is 1.05. The molecule has 0 saturated carbocycles. The molecule has 50 valence electrons. The van der Waals surface area contributed by atoms with Gasteiger partial charge >= 0.3 is 0 Å². The molecule has 0 amide bonds. The summed E-state index contributed by atoms with van der Waals surface area (Å²) in [4.78, 5) is 0. The second kappa shape index (κ2) is 2.76. The molecule has 9 heavy (non-hydrogen) atoms. The number of nitrogens with zero attached hydrogens (tertiary/aromatic N) is 2. The highest BCUT2D eigenvalue weighted by Crippen LogP contribution is 2.05. The average molecular weight is 124 g/mol. The van der Waals surface area contributed by atoms with Crippen LogP contribution in [0.1, 0.15) is 33.1 Å². The molecule has 0 saturated heterocycles. The third-order valence-corrected chi connectivity index (χ3v) is 1.55. The Balaban J connectivity index is 2.59. The summed E-state index contributed by atoms with van der Waals surface area (Å²) in [6.45, 7) is 4.14. The first kappa shape index (κ1) is 6.46. The molecule has 0 N–H and O–H groups in total. The van der Waals surface area contributed by atoms with Crippen LogP contribution in [0.5, 0.6) is 0 Å². The van der Waals surface area contributed by atoms with E-state index < -0.39 is 0 Å². The van der Waals surface area contributed by atoms with E-state index in [-0.39, 0.29) is 0 Å². The van der Waals surface area contributed by atoms with E-state index in [4.69, 9.17) is 0 Å². The van der Waals surface area contributed by atoms with Crippen LogP contribution in [0.4, 0.5) is 0 Å². The van der Waals surface area contributed by atoms with Crippen molar-refractivity contribution in [2.24, 2.45) is 10.2 Å². The summed E-state index contributed by atoms with van der Waals surface area (Å²) < 4.78 is 0. The van der Waals surface area contributed by atoms with Crippen LogP contribution in [0.25, 0.3) is 0 Å². The molecule has 0 radical (unpaired) electrons. The summed E-state index contributed by atoms with van der Waals surface area (Å²) in [5.74, 6) is 0. The van der Waals surface area contributed by atoms with Crippen molar-refractivity contribution in [3.63, 3.8) is 0 Å². The normalized spacial score (nSPS) is 18.9. The summed E-state index contributed by atoms with van der Waals surface area (Å²) >= 11 is 0. The van der Waals surface area contributed by atoms with Gasteiger partial charge in [0.25, 0.3) is 0 Å². The molecule has 0 aromatic rings. The van der Waals surface area contributed by atoms with Gasteiger partial charge in [0, 0.05) is 11.4 Å². The van der Waals surface area contributed by atoms with Gasteiger partial charge in [-0.2, -0.15) is 10.2 Å². The zero-order valence-electron chi connectivity index (χ0n) is 6.02. The van der Waals surface area contributed by atoms with Crippen molar-refractivity contribution in [3.05, 3.63) is 0 Å². The first-order chi connectivity index (χ1) is 4.33. The maximum Gasteiger partial charge on any atom is 0.0406 e. The molecule has 0 spiro atoms. The summed E-state index contributed by atoms with van der Waals surface area (Å²) in [6, 6.07) is 0. The van der Waals surface area contributed by atoms with E-state index in [1.807, 2.05) is 6.92 Å². The fourth-order valence-corrected chi connectivity index (χ4v) is 0.829. The standard InChI is InChI=1S/C7H12N2/c1-3-7-5-4-6(2)8-9-7/h3-5H2,1-2H3. The Kier molecular flexibility index (Phi) is 1.98. The van der Waals surface area contributed by atoms with E-state index in [1.54, 1.807) is 0 Å². The zero-order valence-corrected chi connectivity index (χ0v) is 6.02. The minimum atomic E-state index is 1.05. The molecule has 0 fully saturated rings. The highest BCUT2D eigenvalue weighted by Gasteiger charge is 2.02. The van der Waals surface area contributed by atoms with Crippen LogP contribution >= 0.6 is 0 Å². The fourth-order valence-electron chi connectivity index (χ4n) is 0.829. The molecule has 0 aliphatic carbocycles. The molecule has 1 aliphatic heterocycles. The zero-order chi connectivity index (χ0) is 6.69. The lowest BCUT2D eigenvalue weighted by Crippen LogP contribution is -2.05. The number of rotatable bonds is 1. The first-order valence-corrected chi connectivity index (χ1v) is 3.41. The van der Waals surface area contributed by atoms with E-state index in [0.29, 0.717) is 0 Å². The fraction of sp³-hybridized carbons (Fsp3) is 0.714. The van der Waals surface area contributed by atoms with E-state index in [0.717, 1.165) is 25.0 Å². The van der Waals surface area contributed by atoms with Gasteiger partial charge in [-0.25, -0.2) is 0 Å². The van der Waals surface area contributed by atoms with Crippen LogP contribution < -0.4 is 0 Å². The lowest BCUT2D eigenvalue weighted by atomic mass is 10.1. The maximum absolute atomic E-state index is 4.03. The lowest BCUT2D eigenvalue weighted by molar-refractivity contribution is 0.989. The molecule has 1 rings (SSSR count). The van der Waals surface area contributed by atoms with Gasteiger partial charge in [-0.05, 0) is 26.2 Å². The van der Waals surface area contributed by atoms with E-state index in [9.17, 15) is 0 Å². The van der Waals surface area contributed by atoms with Gasteiger partial charge in [0.05, 0.1) is 0 Å².